The molecule has 0 aliphatic rings. The van der Waals surface area contributed by atoms with Crippen LogP contribution in [0, 0.1) is 0 Å². The number of hydrogen-bond donors (Lipinski definition) is 1. The molecular weight excluding hydrogens is 284 g/mol. The monoisotopic (exact) mass is 298 g/mol. The van der Waals surface area contributed by atoms with Gasteiger partial charge in [0.1, 0.15) is 0 Å². The highest BCUT2D eigenvalue weighted by Crippen LogP contribution is 2.29. The Morgan fingerprint density at radius 2 is 2.19 bits per heavy atom. The number of thioether (sulfide) groups is 1. The Hall–Kier alpha value is -0.450. The Kier molecular flexibility index (Phi) is 3.95. The first-order valence-electron chi connectivity index (χ1n) is 5.21. The maximum absolute atomic E-state index is 3.51. The average Bonchev–Trinajstić information content (AvgIpc) is 2.60. The number of benzene rings is 1. The summed E-state index contributed by atoms with van der Waals surface area (Å²) in [5.41, 5.74) is 1.20. The van der Waals surface area contributed by atoms with E-state index in [0.29, 0.717) is 0 Å². The maximum atomic E-state index is 3.51. The molecule has 4 heteroatoms. The van der Waals surface area contributed by atoms with Crippen molar-refractivity contribution in [3.63, 3.8) is 0 Å². The zero-order valence-corrected chi connectivity index (χ0v) is 11.9. The van der Waals surface area contributed by atoms with Gasteiger partial charge in [-0.2, -0.15) is 0 Å². The second-order valence-corrected chi connectivity index (χ2v) is 6.05. The third kappa shape index (κ3) is 2.81. The summed E-state index contributed by atoms with van der Waals surface area (Å²) < 4.78 is 1.13. The van der Waals surface area contributed by atoms with E-state index in [1.165, 1.54) is 15.8 Å². The summed E-state index contributed by atoms with van der Waals surface area (Å²) in [4.78, 5) is 6.84. The molecule has 0 atom stereocenters. The lowest BCUT2D eigenvalue weighted by molar-refractivity contribution is 0.437. The van der Waals surface area contributed by atoms with E-state index < -0.39 is 0 Å². The number of halogens is 1. The smallest absolute Gasteiger partial charge is 0.0466 e. The predicted molar refractivity (Wildman–Crippen MR) is 75.3 cm³/mol. The number of H-pyrrole nitrogens is 1. The summed E-state index contributed by atoms with van der Waals surface area (Å²) in [5, 5.41) is 1.30. The molecule has 2 aromatic rings. The molecule has 1 heterocycles. The standard InChI is InChI=1S/C12H15BrN2S/c1-15(2)5-6-16-12-8-14-11-4-3-9(13)7-10(11)12/h3-4,7-8,14H,5-6H2,1-2H3. The van der Waals surface area contributed by atoms with E-state index in [0.717, 1.165) is 16.8 Å². The van der Waals surface area contributed by atoms with Crippen LogP contribution in [0.2, 0.25) is 0 Å². The molecule has 16 heavy (non-hydrogen) atoms. The highest BCUT2D eigenvalue weighted by Gasteiger charge is 2.04. The number of fused-ring (bicyclic) bond motifs is 1. The number of nitrogens with one attached hydrogen (secondary N) is 1. The van der Waals surface area contributed by atoms with Gasteiger partial charge in [-0.1, -0.05) is 15.9 Å². The van der Waals surface area contributed by atoms with Gasteiger partial charge in [0.05, 0.1) is 0 Å². The van der Waals surface area contributed by atoms with Crippen molar-refractivity contribution in [3.8, 4) is 0 Å². The zero-order valence-electron chi connectivity index (χ0n) is 9.46. The fraction of sp³-hybridized carbons (Fsp3) is 0.333. The predicted octanol–water partition coefficient (Wildman–Crippen LogP) is 3.58. The Labute approximate surface area is 109 Å². The Balaban J connectivity index is 2.15. The number of nitrogens with zero attached hydrogens (tertiary/aromatic N) is 1. The highest BCUT2D eigenvalue weighted by molar-refractivity contribution is 9.10. The summed E-state index contributed by atoms with van der Waals surface area (Å²) in [6.45, 7) is 1.10. The molecule has 2 nitrogen and oxygen atoms in total. The van der Waals surface area contributed by atoms with Gasteiger partial charge in [-0.15, -0.1) is 11.8 Å². The van der Waals surface area contributed by atoms with Crippen LogP contribution in [-0.4, -0.2) is 36.3 Å². The van der Waals surface area contributed by atoms with Gasteiger partial charge in [0.25, 0.3) is 0 Å². The van der Waals surface area contributed by atoms with Crippen LogP contribution < -0.4 is 0 Å². The second kappa shape index (κ2) is 5.25. The topological polar surface area (TPSA) is 19.0 Å². The van der Waals surface area contributed by atoms with Gasteiger partial charge in [0.2, 0.25) is 0 Å². The van der Waals surface area contributed by atoms with Crippen molar-refractivity contribution in [2.45, 2.75) is 4.90 Å². The maximum Gasteiger partial charge on any atom is 0.0466 e. The van der Waals surface area contributed by atoms with Crippen LogP contribution in [-0.2, 0) is 0 Å². The summed E-state index contributed by atoms with van der Waals surface area (Å²) >= 11 is 5.41. The molecule has 2 rings (SSSR count). The minimum atomic E-state index is 1.10. The Morgan fingerprint density at radius 1 is 1.38 bits per heavy atom. The molecular formula is C12H15BrN2S. The molecule has 0 radical (unpaired) electrons. The molecule has 1 aromatic heterocycles. The van der Waals surface area contributed by atoms with Gasteiger partial charge >= 0.3 is 0 Å². The van der Waals surface area contributed by atoms with E-state index in [1.807, 2.05) is 11.8 Å². The van der Waals surface area contributed by atoms with E-state index in [2.05, 4.69) is 64.3 Å². The van der Waals surface area contributed by atoms with E-state index >= 15 is 0 Å². The fourth-order valence-electron chi connectivity index (χ4n) is 1.52. The molecule has 0 amide bonds. The minimum absolute atomic E-state index is 1.10. The number of rotatable bonds is 4. The van der Waals surface area contributed by atoms with Crippen molar-refractivity contribution in [1.29, 1.82) is 0 Å². The van der Waals surface area contributed by atoms with E-state index in [9.17, 15) is 0 Å². The van der Waals surface area contributed by atoms with E-state index in [1.54, 1.807) is 0 Å². The normalized spacial score (nSPS) is 11.5. The van der Waals surface area contributed by atoms with Gasteiger partial charge in [-0.3, -0.25) is 0 Å². The lowest BCUT2D eigenvalue weighted by atomic mass is 10.2. The summed E-state index contributed by atoms with van der Waals surface area (Å²) in [6, 6.07) is 6.34. The van der Waals surface area contributed by atoms with Crippen LogP contribution in [0.25, 0.3) is 10.9 Å². The first kappa shape index (κ1) is 12.0. The Morgan fingerprint density at radius 3 is 2.94 bits per heavy atom. The molecule has 1 aromatic carbocycles. The molecule has 0 saturated carbocycles. The largest absolute Gasteiger partial charge is 0.360 e. The van der Waals surface area contributed by atoms with Gasteiger partial charge in [-0.25, -0.2) is 0 Å². The van der Waals surface area contributed by atoms with Crippen LogP contribution in [0.15, 0.2) is 33.8 Å². The average molecular weight is 299 g/mol. The minimum Gasteiger partial charge on any atom is -0.360 e. The number of aromatic nitrogens is 1. The first-order chi connectivity index (χ1) is 7.66. The molecule has 0 unspecified atom stereocenters. The third-order valence-electron chi connectivity index (χ3n) is 2.40. The fourth-order valence-corrected chi connectivity index (χ4v) is 3.03. The molecule has 86 valence electrons. The van der Waals surface area contributed by atoms with Crippen LogP contribution in [0.3, 0.4) is 0 Å². The molecule has 0 fully saturated rings. The summed E-state index contributed by atoms with van der Waals surface area (Å²) in [5.74, 6) is 1.12. The molecule has 0 spiro atoms. The summed E-state index contributed by atoms with van der Waals surface area (Å²) in [6.07, 6.45) is 2.09. The molecule has 0 aliphatic carbocycles. The number of hydrogen-bond acceptors (Lipinski definition) is 2. The second-order valence-electron chi connectivity index (χ2n) is 3.99. The van der Waals surface area contributed by atoms with Crippen molar-refractivity contribution in [2.24, 2.45) is 0 Å². The van der Waals surface area contributed by atoms with Crippen molar-refractivity contribution in [2.75, 3.05) is 26.4 Å². The van der Waals surface area contributed by atoms with E-state index in [4.69, 9.17) is 0 Å². The van der Waals surface area contributed by atoms with Crippen molar-refractivity contribution in [1.82, 2.24) is 9.88 Å². The van der Waals surface area contributed by atoms with Crippen LogP contribution in [0.5, 0.6) is 0 Å². The molecule has 1 N–H and O–H groups in total. The van der Waals surface area contributed by atoms with E-state index in [-0.39, 0.29) is 0 Å². The van der Waals surface area contributed by atoms with Gasteiger partial charge < -0.3 is 9.88 Å². The van der Waals surface area contributed by atoms with Crippen molar-refractivity contribution in [3.05, 3.63) is 28.9 Å². The Bertz CT molecular complexity index is 479. The van der Waals surface area contributed by atoms with Crippen molar-refractivity contribution < 1.29 is 0 Å². The van der Waals surface area contributed by atoms with Crippen molar-refractivity contribution >= 4 is 38.6 Å². The SMILES string of the molecule is CN(C)CCSc1c[nH]c2ccc(Br)cc12. The van der Waals surface area contributed by atoms with Crippen LogP contribution in [0.4, 0.5) is 0 Å². The lowest BCUT2D eigenvalue weighted by Crippen LogP contribution is -2.14. The van der Waals surface area contributed by atoms with Gasteiger partial charge in [0, 0.05) is 38.8 Å². The third-order valence-corrected chi connectivity index (χ3v) is 3.93. The number of aromatic amines is 1. The summed E-state index contributed by atoms with van der Waals surface area (Å²) in [7, 11) is 4.21. The zero-order chi connectivity index (χ0) is 11.5. The lowest BCUT2D eigenvalue weighted by Gasteiger charge is -2.07. The molecule has 0 aliphatic heterocycles. The first-order valence-corrected chi connectivity index (χ1v) is 6.99. The van der Waals surface area contributed by atoms with Gasteiger partial charge in [0.15, 0.2) is 0 Å². The highest BCUT2D eigenvalue weighted by atomic mass is 79.9. The van der Waals surface area contributed by atoms with Gasteiger partial charge in [-0.05, 0) is 32.3 Å². The van der Waals surface area contributed by atoms with Crippen LogP contribution in [0.1, 0.15) is 0 Å². The molecule has 0 bridgehead atoms. The van der Waals surface area contributed by atoms with Crippen LogP contribution >= 0.6 is 27.7 Å². The quantitative estimate of drug-likeness (QED) is 0.870. The molecule has 0 saturated heterocycles.